The highest BCUT2D eigenvalue weighted by molar-refractivity contribution is 7.12. The number of rotatable bonds is 5. The third kappa shape index (κ3) is 5.15. The summed E-state index contributed by atoms with van der Waals surface area (Å²) < 4.78 is 5.01. The predicted octanol–water partition coefficient (Wildman–Crippen LogP) is 2.00. The van der Waals surface area contributed by atoms with Gasteiger partial charge in [0.25, 0.3) is 11.8 Å². The van der Waals surface area contributed by atoms with Crippen LogP contribution in [-0.2, 0) is 9.53 Å². The molecule has 0 aliphatic carbocycles. The summed E-state index contributed by atoms with van der Waals surface area (Å²) in [7, 11) is 1.36. The molecule has 0 bridgehead atoms. The fourth-order valence-corrected chi connectivity index (χ4v) is 2.47. The number of ether oxygens (including phenoxy) is 1. The van der Waals surface area contributed by atoms with Crippen molar-refractivity contribution >= 4 is 40.8 Å². The zero-order valence-electron chi connectivity index (χ0n) is 14.1. The average molecular weight is 375 g/mol. The van der Waals surface area contributed by atoms with E-state index in [0.717, 1.165) is 0 Å². The number of thiophene rings is 1. The quantitative estimate of drug-likeness (QED) is 0.692. The second-order valence-corrected chi connectivity index (χ2v) is 6.07. The molecule has 0 radical (unpaired) electrons. The maximum absolute atomic E-state index is 12.0. The van der Waals surface area contributed by atoms with E-state index in [2.05, 4.69) is 10.6 Å². The Morgan fingerprint density at radius 1 is 1.08 bits per heavy atom. The Labute approximate surface area is 153 Å². The van der Waals surface area contributed by atoms with Gasteiger partial charge in [-0.15, -0.1) is 11.3 Å². The predicted molar refractivity (Wildman–Crippen MR) is 96.2 cm³/mol. The van der Waals surface area contributed by atoms with Crippen LogP contribution < -0.4 is 16.0 Å². The van der Waals surface area contributed by atoms with Gasteiger partial charge in [-0.25, -0.2) is 9.59 Å². The topological polar surface area (TPSA) is 114 Å². The molecule has 1 heterocycles. The van der Waals surface area contributed by atoms with Crippen LogP contribution in [0.25, 0.3) is 0 Å². The van der Waals surface area contributed by atoms with Crippen LogP contribution in [0.15, 0.2) is 41.8 Å². The zero-order chi connectivity index (χ0) is 19.1. The van der Waals surface area contributed by atoms with Crippen molar-refractivity contribution in [3.63, 3.8) is 0 Å². The van der Waals surface area contributed by atoms with Gasteiger partial charge in [-0.2, -0.15) is 0 Å². The lowest BCUT2D eigenvalue weighted by atomic mass is 10.2. The lowest BCUT2D eigenvalue weighted by Crippen LogP contribution is -2.43. The van der Waals surface area contributed by atoms with Gasteiger partial charge in [-0.1, -0.05) is 6.07 Å². The summed E-state index contributed by atoms with van der Waals surface area (Å²) in [6, 6.07) is 8.83. The molecule has 0 saturated heterocycles. The summed E-state index contributed by atoms with van der Waals surface area (Å²) in [6.45, 7) is 1.35. The Hall–Kier alpha value is -3.20. The van der Waals surface area contributed by atoms with E-state index >= 15 is 0 Å². The van der Waals surface area contributed by atoms with E-state index in [1.54, 1.807) is 29.6 Å². The molecule has 8 nitrogen and oxygen atoms in total. The monoisotopic (exact) mass is 375 g/mol. The number of imide groups is 1. The smallest absolute Gasteiger partial charge is 0.338 e. The Balaban J connectivity index is 1.92. The number of amides is 4. The van der Waals surface area contributed by atoms with E-state index in [9.17, 15) is 19.2 Å². The van der Waals surface area contributed by atoms with Gasteiger partial charge in [0.2, 0.25) is 0 Å². The Morgan fingerprint density at radius 3 is 2.35 bits per heavy atom. The van der Waals surface area contributed by atoms with Gasteiger partial charge in [-0.3, -0.25) is 14.9 Å². The minimum Gasteiger partial charge on any atom is -0.449 e. The number of benzene rings is 1. The Kier molecular flexibility index (Phi) is 6.45. The van der Waals surface area contributed by atoms with Crippen molar-refractivity contribution in [3.05, 3.63) is 52.2 Å². The summed E-state index contributed by atoms with van der Waals surface area (Å²) in [5, 5.41) is 8.75. The van der Waals surface area contributed by atoms with Crippen LogP contribution in [-0.4, -0.2) is 37.0 Å². The summed E-state index contributed by atoms with van der Waals surface area (Å²) in [5.74, 6) is -1.70. The summed E-state index contributed by atoms with van der Waals surface area (Å²) >= 11 is 1.32. The van der Waals surface area contributed by atoms with Crippen molar-refractivity contribution in [3.8, 4) is 0 Å². The number of nitrogens with one attached hydrogen (secondary N) is 3. The van der Waals surface area contributed by atoms with Crippen molar-refractivity contribution in [1.29, 1.82) is 0 Å². The van der Waals surface area contributed by atoms with Crippen LogP contribution in [0.2, 0.25) is 0 Å². The Morgan fingerprint density at radius 2 is 1.77 bits per heavy atom. The summed E-state index contributed by atoms with van der Waals surface area (Å²) in [5.41, 5.74) is 0.726. The van der Waals surface area contributed by atoms with E-state index < -0.39 is 24.0 Å². The molecule has 1 atom stereocenters. The van der Waals surface area contributed by atoms with Crippen LogP contribution in [0.1, 0.15) is 27.0 Å². The first-order valence-electron chi connectivity index (χ1n) is 7.59. The second kappa shape index (κ2) is 8.77. The van der Waals surface area contributed by atoms with E-state index in [0.29, 0.717) is 10.6 Å². The maximum Gasteiger partial charge on any atom is 0.338 e. The molecule has 0 aliphatic heterocycles. The molecule has 136 valence electrons. The van der Waals surface area contributed by atoms with Crippen LogP contribution >= 0.6 is 11.3 Å². The molecule has 3 N–H and O–H groups in total. The standard InChI is InChI=1S/C17H17N3O5S/c1-10(14(21)20-17(24)18-2)25-16(23)11-5-7-12(8-6-11)19-15(22)13-4-3-9-26-13/h3-10H,1-2H3,(H,19,22)(H2,18,20,21,24)/t10-/m0/s1. The molecular weight excluding hydrogens is 358 g/mol. The van der Waals surface area contributed by atoms with Crippen molar-refractivity contribution in [1.82, 2.24) is 10.6 Å². The number of anilines is 1. The molecule has 0 saturated carbocycles. The minimum absolute atomic E-state index is 0.207. The van der Waals surface area contributed by atoms with Crippen LogP contribution in [0.3, 0.4) is 0 Å². The number of urea groups is 1. The number of carbonyl (C=O) groups is 4. The first-order valence-corrected chi connectivity index (χ1v) is 8.47. The van der Waals surface area contributed by atoms with Crippen LogP contribution in [0.4, 0.5) is 10.5 Å². The number of hydrogen-bond donors (Lipinski definition) is 3. The highest BCUT2D eigenvalue weighted by Crippen LogP contribution is 2.15. The largest absolute Gasteiger partial charge is 0.449 e. The van der Waals surface area contributed by atoms with Crippen molar-refractivity contribution in [2.24, 2.45) is 0 Å². The third-order valence-corrected chi connectivity index (χ3v) is 4.11. The molecule has 1 aromatic heterocycles. The molecule has 0 aliphatic rings. The van der Waals surface area contributed by atoms with Crippen molar-refractivity contribution < 1.29 is 23.9 Å². The van der Waals surface area contributed by atoms with Gasteiger partial charge in [-0.05, 0) is 42.6 Å². The first-order chi connectivity index (χ1) is 12.4. The number of carbonyl (C=O) groups excluding carboxylic acids is 4. The minimum atomic E-state index is -1.14. The number of esters is 1. The highest BCUT2D eigenvalue weighted by atomic mass is 32.1. The van der Waals surface area contributed by atoms with Crippen LogP contribution in [0, 0.1) is 0 Å². The van der Waals surface area contributed by atoms with E-state index in [1.807, 2.05) is 5.32 Å². The molecule has 2 aromatic rings. The van der Waals surface area contributed by atoms with Crippen molar-refractivity contribution in [2.75, 3.05) is 12.4 Å². The molecule has 9 heteroatoms. The zero-order valence-corrected chi connectivity index (χ0v) is 14.9. The van der Waals surface area contributed by atoms with E-state index in [4.69, 9.17) is 4.74 Å². The normalized spacial score (nSPS) is 11.2. The van der Waals surface area contributed by atoms with Gasteiger partial charge < -0.3 is 15.4 Å². The van der Waals surface area contributed by atoms with Gasteiger partial charge >= 0.3 is 12.0 Å². The van der Waals surface area contributed by atoms with Gasteiger partial charge in [0.05, 0.1) is 10.4 Å². The average Bonchev–Trinajstić information content (AvgIpc) is 3.16. The Bertz CT molecular complexity index is 802. The van der Waals surface area contributed by atoms with Gasteiger partial charge in [0.15, 0.2) is 6.10 Å². The van der Waals surface area contributed by atoms with Gasteiger partial charge in [0, 0.05) is 12.7 Å². The highest BCUT2D eigenvalue weighted by Gasteiger charge is 2.20. The molecule has 1 aromatic carbocycles. The lowest BCUT2D eigenvalue weighted by molar-refractivity contribution is -0.127. The molecule has 0 spiro atoms. The van der Waals surface area contributed by atoms with E-state index in [-0.39, 0.29) is 11.5 Å². The fourth-order valence-electron chi connectivity index (χ4n) is 1.85. The van der Waals surface area contributed by atoms with Crippen molar-refractivity contribution in [2.45, 2.75) is 13.0 Å². The maximum atomic E-state index is 12.0. The molecule has 0 unspecified atom stereocenters. The van der Waals surface area contributed by atoms with Gasteiger partial charge in [0.1, 0.15) is 0 Å². The van der Waals surface area contributed by atoms with Crippen LogP contribution in [0.5, 0.6) is 0 Å². The molecular formula is C17H17N3O5S. The summed E-state index contributed by atoms with van der Waals surface area (Å²) in [4.78, 5) is 47.3. The molecule has 2 rings (SSSR count). The lowest BCUT2D eigenvalue weighted by Gasteiger charge is -2.13. The van der Waals surface area contributed by atoms with E-state index in [1.165, 1.54) is 37.4 Å². The summed E-state index contributed by atoms with van der Waals surface area (Å²) in [6.07, 6.45) is -1.14. The molecule has 4 amide bonds. The molecule has 26 heavy (non-hydrogen) atoms. The SMILES string of the molecule is CNC(=O)NC(=O)[C@H](C)OC(=O)c1ccc(NC(=O)c2cccs2)cc1. The second-order valence-electron chi connectivity index (χ2n) is 5.12. The molecule has 0 fully saturated rings. The first kappa shape index (κ1) is 19.1. The third-order valence-electron chi connectivity index (χ3n) is 3.24. The number of hydrogen-bond acceptors (Lipinski definition) is 6. The fraction of sp³-hybridized carbons (Fsp3) is 0.176.